The lowest BCUT2D eigenvalue weighted by molar-refractivity contribution is 0.0997. The zero-order valence-corrected chi connectivity index (χ0v) is 26.2. The molecule has 4 aromatic carbocycles. The second kappa shape index (κ2) is 12.5. The van der Waals surface area contributed by atoms with E-state index < -0.39 is 5.91 Å². The summed E-state index contributed by atoms with van der Waals surface area (Å²) >= 11 is 0. The van der Waals surface area contributed by atoms with Gasteiger partial charge in [-0.2, -0.15) is 5.10 Å². The summed E-state index contributed by atoms with van der Waals surface area (Å²) < 4.78 is 7.62. The first-order chi connectivity index (χ1) is 22.8. The Hall–Kier alpha value is -5.94. The summed E-state index contributed by atoms with van der Waals surface area (Å²) in [5, 5.41) is 21.9. The monoisotopic (exact) mass is 624 g/mol. The molecular weight excluding hydrogens is 592 g/mol. The summed E-state index contributed by atoms with van der Waals surface area (Å²) in [7, 11) is 4.08. The molecule has 0 aliphatic heterocycles. The molecule has 0 saturated heterocycles. The molecule has 0 aliphatic carbocycles. The standard InChI is InChI=1S/C36H32N8O3/c1-23-8-14-28(30(18-23)38-36(46)34-20-32(45)29-6-4-5-7-33(29)47-34)35-39-41-44(40-35)27-12-9-24(10-13-27)16-17-42(2)22-25-11-15-31-26(19-25)21-37-43(31)3/h4-15,18-21H,16-17,22H2,1-3H3,(H,38,46). The van der Waals surface area contributed by atoms with Crippen molar-refractivity contribution in [2.24, 2.45) is 7.05 Å². The van der Waals surface area contributed by atoms with Crippen molar-refractivity contribution in [2.75, 3.05) is 18.9 Å². The average Bonchev–Trinajstić information content (AvgIpc) is 3.71. The highest BCUT2D eigenvalue weighted by atomic mass is 16.3. The van der Waals surface area contributed by atoms with Crippen LogP contribution in [-0.4, -0.2) is 54.4 Å². The first-order valence-corrected chi connectivity index (χ1v) is 15.2. The van der Waals surface area contributed by atoms with E-state index in [2.05, 4.69) is 68.1 Å². The lowest BCUT2D eigenvalue weighted by Gasteiger charge is -2.17. The van der Waals surface area contributed by atoms with Gasteiger partial charge < -0.3 is 14.6 Å². The summed E-state index contributed by atoms with van der Waals surface area (Å²) in [6.07, 6.45) is 2.80. The number of fused-ring (bicyclic) bond motifs is 2. The molecule has 234 valence electrons. The number of carbonyl (C=O) groups is 1. The van der Waals surface area contributed by atoms with E-state index in [0.29, 0.717) is 28.0 Å². The first kappa shape index (κ1) is 29.8. The zero-order valence-electron chi connectivity index (χ0n) is 26.2. The molecule has 0 spiro atoms. The van der Waals surface area contributed by atoms with Gasteiger partial charge in [-0.1, -0.05) is 36.4 Å². The molecule has 0 atom stereocenters. The Labute approximate surface area is 270 Å². The number of hydrogen-bond acceptors (Lipinski definition) is 8. The molecule has 47 heavy (non-hydrogen) atoms. The van der Waals surface area contributed by atoms with E-state index in [0.717, 1.165) is 41.7 Å². The normalized spacial score (nSPS) is 11.5. The number of benzene rings is 4. The molecular formula is C36H32N8O3. The van der Waals surface area contributed by atoms with Crippen LogP contribution in [0.5, 0.6) is 0 Å². The zero-order chi connectivity index (χ0) is 32.5. The topological polar surface area (TPSA) is 124 Å². The van der Waals surface area contributed by atoms with E-state index in [1.54, 1.807) is 24.3 Å². The van der Waals surface area contributed by atoms with E-state index >= 15 is 0 Å². The second-order valence-corrected chi connectivity index (χ2v) is 11.7. The Bertz CT molecular complexity index is 2300. The molecule has 3 aromatic heterocycles. The molecule has 0 saturated carbocycles. The van der Waals surface area contributed by atoms with Crippen molar-refractivity contribution in [1.29, 1.82) is 0 Å². The van der Waals surface area contributed by atoms with Crippen molar-refractivity contribution in [2.45, 2.75) is 19.9 Å². The fourth-order valence-electron chi connectivity index (χ4n) is 5.61. The van der Waals surface area contributed by atoms with Crippen LogP contribution < -0.4 is 10.7 Å². The molecule has 1 N–H and O–H groups in total. The van der Waals surface area contributed by atoms with Crippen molar-refractivity contribution >= 4 is 33.5 Å². The van der Waals surface area contributed by atoms with Gasteiger partial charge in [0.1, 0.15) is 5.58 Å². The molecule has 3 heterocycles. The largest absolute Gasteiger partial charge is 0.451 e. The Morgan fingerprint density at radius 2 is 1.77 bits per heavy atom. The van der Waals surface area contributed by atoms with Gasteiger partial charge >= 0.3 is 0 Å². The maximum Gasteiger partial charge on any atom is 0.291 e. The third-order valence-corrected chi connectivity index (χ3v) is 8.15. The SMILES string of the molecule is Cc1ccc(-c2nnn(-c3ccc(CCN(C)Cc4ccc5c(cnn5C)c4)cc3)n2)c(NC(=O)c2cc(=O)c3ccccc3o2)c1. The van der Waals surface area contributed by atoms with Crippen LogP contribution in [0.2, 0.25) is 0 Å². The second-order valence-electron chi connectivity index (χ2n) is 11.7. The molecule has 1 amide bonds. The van der Waals surface area contributed by atoms with Crippen molar-refractivity contribution in [3.05, 3.63) is 130 Å². The Kier molecular flexibility index (Phi) is 7.88. The molecule has 0 bridgehead atoms. The molecule has 0 unspecified atom stereocenters. The molecule has 0 aliphatic rings. The molecule has 11 heteroatoms. The van der Waals surface area contributed by atoms with Gasteiger partial charge in [-0.05, 0) is 90.8 Å². The fraction of sp³-hybridized carbons (Fsp3) is 0.167. The lowest BCUT2D eigenvalue weighted by Crippen LogP contribution is -2.20. The maximum absolute atomic E-state index is 13.2. The number of tetrazole rings is 1. The Balaban J connectivity index is 1.02. The van der Waals surface area contributed by atoms with Gasteiger partial charge in [-0.15, -0.1) is 15.0 Å². The van der Waals surface area contributed by atoms with Crippen LogP contribution in [-0.2, 0) is 20.0 Å². The fourth-order valence-corrected chi connectivity index (χ4v) is 5.61. The number of para-hydroxylation sites is 1. The highest BCUT2D eigenvalue weighted by molar-refractivity contribution is 6.05. The van der Waals surface area contributed by atoms with Crippen molar-refractivity contribution in [1.82, 2.24) is 34.9 Å². The third-order valence-electron chi connectivity index (χ3n) is 8.15. The average molecular weight is 625 g/mol. The van der Waals surface area contributed by atoms with E-state index in [9.17, 15) is 9.59 Å². The van der Waals surface area contributed by atoms with Gasteiger partial charge in [-0.3, -0.25) is 14.3 Å². The molecule has 0 radical (unpaired) electrons. The number of hydrogen-bond donors (Lipinski definition) is 1. The third kappa shape index (κ3) is 6.29. The maximum atomic E-state index is 13.2. The quantitative estimate of drug-likeness (QED) is 0.222. The highest BCUT2D eigenvalue weighted by Gasteiger charge is 2.18. The minimum Gasteiger partial charge on any atom is -0.451 e. The number of aromatic nitrogens is 6. The number of rotatable bonds is 9. The van der Waals surface area contributed by atoms with Crippen LogP contribution >= 0.6 is 0 Å². The summed E-state index contributed by atoms with van der Waals surface area (Å²) in [5.74, 6) is -0.298. The number of nitrogens with one attached hydrogen (secondary N) is 1. The van der Waals surface area contributed by atoms with Crippen LogP contribution in [0.1, 0.15) is 27.2 Å². The van der Waals surface area contributed by atoms with Crippen molar-refractivity contribution in [3.63, 3.8) is 0 Å². The number of carbonyl (C=O) groups excluding carboxylic acids is 1. The van der Waals surface area contributed by atoms with E-state index in [4.69, 9.17) is 4.42 Å². The predicted octanol–water partition coefficient (Wildman–Crippen LogP) is 5.56. The van der Waals surface area contributed by atoms with E-state index in [-0.39, 0.29) is 11.2 Å². The van der Waals surface area contributed by atoms with E-state index in [1.807, 2.05) is 55.2 Å². The van der Waals surface area contributed by atoms with Crippen LogP contribution in [0.4, 0.5) is 5.69 Å². The van der Waals surface area contributed by atoms with Gasteiger partial charge in [0.05, 0.1) is 28.5 Å². The minimum absolute atomic E-state index is 0.0877. The number of anilines is 1. The first-order valence-electron chi connectivity index (χ1n) is 15.2. The van der Waals surface area contributed by atoms with Crippen molar-refractivity contribution < 1.29 is 9.21 Å². The van der Waals surface area contributed by atoms with Crippen LogP contribution in [0, 0.1) is 6.92 Å². The summed E-state index contributed by atoms with van der Waals surface area (Å²) in [4.78, 5) is 29.5. The van der Waals surface area contributed by atoms with Crippen LogP contribution in [0.15, 0.2) is 106 Å². The van der Waals surface area contributed by atoms with Gasteiger partial charge in [0.2, 0.25) is 5.82 Å². The smallest absolute Gasteiger partial charge is 0.291 e. The lowest BCUT2D eigenvalue weighted by atomic mass is 10.1. The number of likely N-dealkylation sites (N-methyl/N-ethyl adjacent to an activating group) is 1. The molecule has 7 aromatic rings. The van der Waals surface area contributed by atoms with Gasteiger partial charge in [0, 0.05) is 37.2 Å². The Morgan fingerprint density at radius 3 is 2.62 bits per heavy atom. The molecule has 7 rings (SSSR count). The Morgan fingerprint density at radius 1 is 0.957 bits per heavy atom. The van der Waals surface area contributed by atoms with E-state index in [1.165, 1.54) is 22.0 Å². The summed E-state index contributed by atoms with van der Waals surface area (Å²) in [5.41, 5.74) is 6.39. The van der Waals surface area contributed by atoms with Crippen LogP contribution in [0.3, 0.4) is 0 Å². The van der Waals surface area contributed by atoms with Gasteiger partial charge in [-0.25, -0.2) is 0 Å². The summed E-state index contributed by atoms with van der Waals surface area (Å²) in [6.45, 7) is 3.67. The highest BCUT2D eigenvalue weighted by Crippen LogP contribution is 2.27. The molecule has 11 nitrogen and oxygen atoms in total. The van der Waals surface area contributed by atoms with Gasteiger partial charge in [0.15, 0.2) is 11.2 Å². The number of amides is 1. The number of aryl methyl sites for hydroxylation is 2. The number of nitrogens with zero attached hydrogens (tertiary/aromatic N) is 7. The summed E-state index contributed by atoms with van der Waals surface area (Å²) in [6, 6.07) is 28.1. The minimum atomic E-state index is -0.553. The molecule has 0 fully saturated rings. The van der Waals surface area contributed by atoms with Crippen LogP contribution in [0.25, 0.3) is 38.9 Å². The van der Waals surface area contributed by atoms with Gasteiger partial charge in [0.25, 0.3) is 5.91 Å². The predicted molar refractivity (Wildman–Crippen MR) is 181 cm³/mol. The van der Waals surface area contributed by atoms with Crippen molar-refractivity contribution in [3.8, 4) is 17.1 Å².